The molecule has 0 aromatic carbocycles. The molecule has 0 aliphatic heterocycles. The summed E-state index contributed by atoms with van der Waals surface area (Å²) in [5, 5.41) is 38.1. The number of fused-ring (bicyclic) bond motifs is 1. The zero-order chi connectivity index (χ0) is 23.9. The Balaban J connectivity index is 1.94. The summed E-state index contributed by atoms with van der Waals surface area (Å²) in [5.74, 6) is -0.112. The monoisotopic (exact) mass is 450 g/mol. The molecule has 0 aliphatic rings. The van der Waals surface area contributed by atoms with Crippen molar-refractivity contribution in [3.63, 3.8) is 0 Å². The highest BCUT2D eigenvalue weighted by molar-refractivity contribution is 5.75. The van der Waals surface area contributed by atoms with Crippen molar-refractivity contribution in [3.8, 4) is 6.07 Å². The number of nitrogens with one attached hydrogen (secondary N) is 1. The van der Waals surface area contributed by atoms with Crippen LogP contribution in [0.4, 0.5) is 5.82 Å². The molecule has 0 fully saturated rings. The Morgan fingerprint density at radius 3 is 2.72 bits per heavy atom. The molecule has 0 aliphatic carbocycles. The summed E-state index contributed by atoms with van der Waals surface area (Å²) in [4.78, 5) is 15.6. The number of nitriles is 1. The molecule has 2 heterocycles. The van der Waals surface area contributed by atoms with Crippen molar-refractivity contribution >= 4 is 17.3 Å². The predicted molar refractivity (Wildman–Crippen MR) is 113 cm³/mol. The molecule has 3 atom stereocenters. The van der Waals surface area contributed by atoms with Gasteiger partial charge in [0.2, 0.25) is 5.60 Å². The third kappa shape index (κ3) is 5.70. The van der Waals surface area contributed by atoms with Crippen molar-refractivity contribution in [2.75, 3.05) is 39.3 Å². The Morgan fingerprint density at radius 1 is 1.38 bits per heavy atom. The van der Waals surface area contributed by atoms with Gasteiger partial charge in [0.15, 0.2) is 5.82 Å². The van der Waals surface area contributed by atoms with Crippen LogP contribution in [0.1, 0.15) is 32.6 Å². The molecule has 0 spiro atoms. The summed E-state index contributed by atoms with van der Waals surface area (Å²) in [6.07, 6.45) is -1.98. The lowest BCUT2D eigenvalue weighted by Gasteiger charge is -2.32. The first-order chi connectivity index (χ1) is 15.1. The van der Waals surface area contributed by atoms with Gasteiger partial charge in [-0.1, -0.05) is 0 Å². The average Bonchev–Trinajstić information content (AvgIpc) is 3.20. The first-order valence-electron chi connectivity index (χ1n) is 9.93. The molecular weight excluding hydrogens is 420 g/mol. The van der Waals surface area contributed by atoms with Crippen molar-refractivity contribution in [1.29, 1.82) is 5.26 Å². The number of ether oxygens (including phenoxy) is 3. The normalized spacial score (nSPS) is 15.7. The summed E-state index contributed by atoms with van der Waals surface area (Å²) in [5.41, 5.74) is 4.00. The van der Waals surface area contributed by atoms with Gasteiger partial charge in [0.05, 0.1) is 24.4 Å². The third-order valence-electron chi connectivity index (χ3n) is 4.79. The maximum Gasteiger partial charge on any atom is 0.311 e. The second-order valence-electron chi connectivity index (χ2n) is 8.17. The van der Waals surface area contributed by atoms with Crippen LogP contribution in [0, 0.1) is 16.7 Å². The standard InChI is InChI=1S/C20H30N6O6/c1-19(2,3)18(29)32-8-7-23-12-31-10-20(9-21,30-4)16(28)15(27)13-5-6-14-17(22)24-11-25-26(13)14/h5-6,11,15-16,23,27-28H,7-8,10,12H2,1-4H3,(H2,22,24,25)/t15-,16-,20?/m0/s1. The van der Waals surface area contributed by atoms with Crippen LogP contribution in [0.3, 0.4) is 0 Å². The zero-order valence-electron chi connectivity index (χ0n) is 18.6. The second-order valence-corrected chi connectivity index (χ2v) is 8.17. The summed E-state index contributed by atoms with van der Waals surface area (Å²) >= 11 is 0. The molecule has 0 saturated carbocycles. The van der Waals surface area contributed by atoms with E-state index in [0.29, 0.717) is 12.1 Å². The Labute approximate surface area is 185 Å². The molecule has 2 aromatic rings. The highest BCUT2D eigenvalue weighted by Crippen LogP contribution is 2.29. The van der Waals surface area contributed by atoms with Crippen molar-refractivity contribution in [1.82, 2.24) is 19.9 Å². The fourth-order valence-corrected chi connectivity index (χ4v) is 2.80. The minimum Gasteiger partial charge on any atom is -0.464 e. The number of anilines is 1. The highest BCUT2D eigenvalue weighted by atomic mass is 16.6. The second kappa shape index (κ2) is 10.7. The van der Waals surface area contributed by atoms with Crippen LogP contribution in [0.5, 0.6) is 0 Å². The van der Waals surface area contributed by atoms with Crippen molar-refractivity contribution in [3.05, 3.63) is 24.2 Å². The summed E-state index contributed by atoms with van der Waals surface area (Å²) in [6.45, 7) is 5.43. The maximum atomic E-state index is 11.7. The van der Waals surface area contributed by atoms with E-state index in [1.165, 1.54) is 24.0 Å². The number of nitrogen functional groups attached to an aromatic ring is 1. The number of esters is 1. The van der Waals surface area contributed by atoms with E-state index < -0.39 is 23.2 Å². The number of nitrogens with two attached hydrogens (primary N) is 1. The Kier molecular flexibility index (Phi) is 8.48. The van der Waals surface area contributed by atoms with Crippen LogP contribution in [0.15, 0.2) is 18.5 Å². The molecule has 2 aromatic heterocycles. The first-order valence-corrected chi connectivity index (χ1v) is 9.93. The fraction of sp³-hybridized carbons (Fsp3) is 0.600. The zero-order valence-corrected chi connectivity index (χ0v) is 18.6. The number of methoxy groups -OCH3 is 1. The topological polar surface area (TPSA) is 177 Å². The summed E-state index contributed by atoms with van der Waals surface area (Å²) in [6, 6.07) is 4.99. The number of hydrogen-bond acceptors (Lipinski definition) is 11. The van der Waals surface area contributed by atoms with Gasteiger partial charge in [0.1, 0.15) is 36.7 Å². The van der Waals surface area contributed by atoms with Gasteiger partial charge in [-0.2, -0.15) is 10.4 Å². The van der Waals surface area contributed by atoms with Crippen molar-refractivity contribution in [2.24, 2.45) is 5.41 Å². The van der Waals surface area contributed by atoms with Gasteiger partial charge in [-0.25, -0.2) is 9.50 Å². The van der Waals surface area contributed by atoms with Gasteiger partial charge in [-0.05, 0) is 32.9 Å². The minimum atomic E-state index is -1.86. The molecule has 0 radical (unpaired) electrons. The highest BCUT2D eigenvalue weighted by Gasteiger charge is 2.44. The quantitative estimate of drug-likeness (QED) is 0.202. The molecule has 12 heteroatoms. The van der Waals surface area contributed by atoms with Crippen molar-refractivity contribution in [2.45, 2.75) is 38.6 Å². The number of rotatable bonds is 11. The molecule has 0 amide bonds. The summed E-state index contributed by atoms with van der Waals surface area (Å²) < 4.78 is 17.1. The van der Waals surface area contributed by atoms with Gasteiger partial charge in [0.25, 0.3) is 0 Å². The number of aliphatic hydroxyl groups excluding tert-OH is 2. The third-order valence-corrected chi connectivity index (χ3v) is 4.79. The van der Waals surface area contributed by atoms with Gasteiger partial charge < -0.3 is 30.2 Å². The van der Waals surface area contributed by atoms with Gasteiger partial charge >= 0.3 is 5.97 Å². The molecular formula is C20H30N6O6. The average molecular weight is 450 g/mol. The Morgan fingerprint density at radius 2 is 2.09 bits per heavy atom. The SMILES string of the molecule is COC(C#N)(COCNCCOC(=O)C(C)(C)C)[C@@H](O)[C@@H](O)c1ccc2c(N)ncnn12. The lowest BCUT2D eigenvalue weighted by Crippen LogP contribution is -2.50. The molecule has 12 nitrogen and oxygen atoms in total. The van der Waals surface area contributed by atoms with E-state index in [-0.39, 0.29) is 37.4 Å². The molecule has 2 rings (SSSR count). The lowest BCUT2D eigenvalue weighted by atomic mass is 9.93. The van der Waals surface area contributed by atoms with Crippen LogP contribution < -0.4 is 11.1 Å². The van der Waals surface area contributed by atoms with Crippen LogP contribution in [0.2, 0.25) is 0 Å². The predicted octanol–water partition coefficient (Wildman–Crippen LogP) is -0.232. The van der Waals surface area contributed by atoms with Crippen LogP contribution in [0.25, 0.3) is 5.52 Å². The van der Waals surface area contributed by atoms with Crippen LogP contribution >= 0.6 is 0 Å². The first kappa shape index (κ1) is 25.4. The maximum absolute atomic E-state index is 11.7. The molecule has 0 bridgehead atoms. The van der Waals surface area contributed by atoms with E-state index in [1.54, 1.807) is 26.8 Å². The van der Waals surface area contributed by atoms with Gasteiger partial charge in [-0.3, -0.25) is 10.1 Å². The fourth-order valence-electron chi connectivity index (χ4n) is 2.80. The Bertz CT molecular complexity index is 952. The Hall–Kier alpha value is -2.82. The van der Waals surface area contributed by atoms with Gasteiger partial charge in [0, 0.05) is 13.7 Å². The summed E-state index contributed by atoms with van der Waals surface area (Å²) in [7, 11) is 1.23. The number of nitrogens with zero attached hydrogens (tertiary/aromatic N) is 4. The smallest absolute Gasteiger partial charge is 0.311 e. The minimum absolute atomic E-state index is 0.000486. The van der Waals surface area contributed by atoms with E-state index in [9.17, 15) is 20.3 Å². The number of carbonyl (C=O) groups excluding carboxylic acids is 1. The van der Waals surface area contributed by atoms with E-state index in [0.717, 1.165) is 0 Å². The number of hydrogen-bond donors (Lipinski definition) is 4. The number of carbonyl (C=O) groups is 1. The molecule has 32 heavy (non-hydrogen) atoms. The van der Waals surface area contributed by atoms with E-state index >= 15 is 0 Å². The number of aromatic nitrogens is 3. The molecule has 1 unspecified atom stereocenters. The van der Waals surface area contributed by atoms with E-state index in [2.05, 4.69) is 15.4 Å². The molecule has 5 N–H and O–H groups in total. The van der Waals surface area contributed by atoms with E-state index in [4.69, 9.17) is 19.9 Å². The van der Waals surface area contributed by atoms with Gasteiger partial charge in [-0.15, -0.1) is 0 Å². The molecule has 0 saturated heterocycles. The molecule has 176 valence electrons. The number of aliphatic hydroxyl groups is 2. The van der Waals surface area contributed by atoms with Crippen LogP contribution in [-0.4, -0.2) is 76.1 Å². The van der Waals surface area contributed by atoms with E-state index in [1.807, 2.05) is 6.07 Å². The largest absolute Gasteiger partial charge is 0.464 e. The van der Waals surface area contributed by atoms with Crippen LogP contribution in [-0.2, 0) is 19.0 Å². The lowest BCUT2D eigenvalue weighted by molar-refractivity contribution is -0.153. The van der Waals surface area contributed by atoms with Crippen molar-refractivity contribution < 1.29 is 29.2 Å².